The van der Waals surface area contributed by atoms with Crippen molar-refractivity contribution < 1.29 is 24.2 Å². The Morgan fingerprint density at radius 3 is 2.39 bits per heavy atom. The Labute approximate surface area is 271 Å². The molecule has 3 N–H and O–H groups in total. The summed E-state index contributed by atoms with van der Waals surface area (Å²) < 4.78 is 12.2. The molecule has 0 saturated carbocycles. The van der Waals surface area contributed by atoms with Crippen LogP contribution in [0.15, 0.2) is 103 Å². The molecule has 1 heterocycles. The van der Waals surface area contributed by atoms with Crippen LogP contribution < -0.4 is 20.1 Å². The van der Waals surface area contributed by atoms with Crippen molar-refractivity contribution in [1.82, 2.24) is 10.6 Å². The molecule has 46 heavy (non-hydrogen) atoms. The van der Waals surface area contributed by atoms with Gasteiger partial charge in [0.2, 0.25) is 5.91 Å². The maximum absolute atomic E-state index is 14.1. The first-order valence-corrected chi connectivity index (χ1v) is 16.0. The number of rotatable bonds is 14. The second-order valence-electron chi connectivity index (χ2n) is 11.7. The van der Waals surface area contributed by atoms with E-state index in [-0.39, 0.29) is 18.2 Å². The summed E-state index contributed by atoms with van der Waals surface area (Å²) in [6.07, 6.45) is 3.23. The Hall–Kier alpha value is -4.88. The number of carbonyl (C=O) groups excluding carboxylic acids is 2. The molecule has 1 aliphatic rings. The standard InChI is InChI=1S/C39H42N2O5/c1-3-4-21-40-38(43)27(2)22-35(42)34(24-29-15-12-17-31(23-29)45-26-28-13-6-5-7-14-28)41-39(44)33-25-30-16-8-10-19-36(30)46-37-20-11-9-18-32(33)37/h5-20,23,25,27,34-35,42H,3-4,21-22,24,26H2,1-2H3,(H,40,43)(H,41,44)/t27-,34+,35+/m1/s1. The van der Waals surface area contributed by atoms with E-state index >= 15 is 0 Å². The van der Waals surface area contributed by atoms with Gasteiger partial charge in [-0.25, -0.2) is 0 Å². The smallest absolute Gasteiger partial charge is 0.252 e. The van der Waals surface area contributed by atoms with Crippen LogP contribution in [0.2, 0.25) is 0 Å². The van der Waals surface area contributed by atoms with Crippen LogP contribution in [-0.2, 0) is 22.6 Å². The van der Waals surface area contributed by atoms with Gasteiger partial charge in [0.15, 0.2) is 0 Å². The molecular formula is C39H42N2O5. The van der Waals surface area contributed by atoms with Gasteiger partial charge in [-0.15, -0.1) is 0 Å². The van der Waals surface area contributed by atoms with Crippen molar-refractivity contribution in [3.8, 4) is 17.2 Å². The fourth-order valence-corrected chi connectivity index (χ4v) is 5.49. The van der Waals surface area contributed by atoms with Gasteiger partial charge in [-0.2, -0.15) is 0 Å². The van der Waals surface area contributed by atoms with E-state index in [0.29, 0.717) is 48.0 Å². The van der Waals surface area contributed by atoms with Crippen molar-refractivity contribution in [3.05, 3.63) is 125 Å². The van der Waals surface area contributed by atoms with Gasteiger partial charge >= 0.3 is 0 Å². The minimum atomic E-state index is -0.991. The first-order chi connectivity index (χ1) is 22.4. The molecule has 0 saturated heterocycles. The van der Waals surface area contributed by atoms with Crippen molar-refractivity contribution in [2.75, 3.05) is 6.54 Å². The van der Waals surface area contributed by atoms with Gasteiger partial charge in [-0.05, 0) is 60.7 Å². The number of para-hydroxylation sites is 2. The molecule has 4 aromatic carbocycles. The SMILES string of the molecule is CCCCNC(=O)[C@H](C)C[C@H](O)[C@H](Cc1cccc(OCc2ccccc2)c1)NC(=O)C1=Cc2ccccc2Oc2ccccc21. The third-order valence-electron chi connectivity index (χ3n) is 8.12. The van der Waals surface area contributed by atoms with Gasteiger partial charge in [-0.3, -0.25) is 9.59 Å². The second kappa shape index (κ2) is 15.9. The topological polar surface area (TPSA) is 96.9 Å². The van der Waals surface area contributed by atoms with Crippen LogP contribution in [0.25, 0.3) is 11.6 Å². The highest BCUT2D eigenvalue weighted by Crippen LogP contribution is 2.38. The van der Waals surface area contributed by atoms with Gasteiger partial charge in [-0.1, -0.05) is 99.1 Å². The van der Waals surface area contributed by atoms with Crippen molar-refractivity contribution >= 4 is 23.5 Å². The number of hydrogen-bond donors (Lipinski definition) is 3. The number of carbonyl (C=O) groups is 2. The van der Waals surface area contributed by atoms with Gasteiger partial charge in [0.05, 0.1) is 17.7 Å². The summed E-state index contributed by atoms with van der Waals surface area (Å²) >= 11 is 0. The number of hydrogen-bond acceptors (Lipinski definition) is 5. The van der Waals surface area contributed by atoms with E-state index < -0.39 is 18.1 Å². The fourth-order valence-electron chi connectivity index (χ4n) is 5.49. The Morgan fingerprint density at radius 2 is 1.59 bits per heavy atom. The number of fused-ring (bicyclic) bond motifs is 2. The summed E-state index contributed by atoms with van der Waals surface area (Å²) in [4.78, 5) is 26.9. The van der Waals surface area contributed by atoms with Crippen LogP contribution >= 0.6 is 0 Å². The van der Waals surface area contributed by atoms with E-state index in [1.165, 1.54) is 0 Å². The zero-order valence-corrected chi connectivity index (χ0v) is 26.4. The lowest BCUT2D eigenvalue weighted by Crippen LogP contribution is -2.46. The molecule has 0 aliphatic carbocycles. The number of amides is 2. The van der Waals surface area contributed by atoms with E-state index in [1.807, 2.05) is 109 Å². The molecule has 7 heteroatoms. The Bertz CT molecular complexity index is 1650. The summed E-state index contributed by atoms with van der Waals surface area (Å²) in [5, 5.41) is 17.6. The second-order valence-corrected chi connectivity index (χ2v) is 11.7. The number of ether oxygens (including phenoxy) is 2. The van der Waals surface area contributed by atoms with Gasteiger partial charge in [0.1, 0.15) is 23.9 Å². The van der Waals surface area contributed by atoms with Crippen molar-refractivity contribution in [3.63, 3.8) is 0 Å². The molecular weight excluding hydrogens is 576 g/mol. The van der Waals surface area contributed by atoms with Crippen LogP contribution in [-0.4, -0.2) is 35.6 Å². The van der Waals surface area contributed by atoms with Crippen molar-refractivity contribution in [2.24, 2.45) is 5.92 Å². The monoisotopic (exact) mass is 618 g/mol. The predicted octanol–water partition coefficient (Wildman–Crippen LogP) is 6.94. The normalized spacial score (nSPS) is 13.8. The summed E-state index contributed by atoms with van der Waals surface area (Å²) in [6, 6.07) is 31.9. The van der Waals surface area contributed by atoms with Gasteiger partial charge < -0.3 is 25.2 Å². The van der Waals surface area contributed by atoms with Crippen molar-refractivity contribution in [2.45, 2.75) is 58.3 Å². The lowest BCUT2D eigenvalue weighted by atomic mass is 9.92. The maximum atomic E-state index is 14.1. The average Bonchev–Trinajstić information content (AvgIpc) is 3.25. The Kier molecular flexibility index (Phi) is 11.2. The predicted molar refractivity (Wildman–Crippen MR) is 181 cm³/mol. The van der Waals surface area contributed by atoms with E-state index in [2.05, 4.69) is 17.6 Å². The number of nitrogens with one attached hydrogen (secondary N) is 2. The summed E-state index contributed by atoms with van der Waals surface area (Å²) in [5.41, 5.74) is 3.81. The van der Waals surface area contributed by atoms with Crippen LogP contribution in [0.5, 0.6) is 17.2 Å². The van der Waals surface area contributed by atoms with Crippen LogP contribution in [0.1, 0.15) is 55.4 Å². The first-order valence-electron chi connectivity index (χ1n) is 16.0. The van der Waals surface area contributed by atoms with Crippen LogP contribution in [0.4, 0.5) is 0 Å². The molecule has 0 unspecified atom stereocenters. The third-order valence-corrected chi connectivity index (χ3v) is 8.12. The molecule has 4 aromatic rings. The van der Waals surface area contributed by atoms with E-state index in [0.717, 1.165) is 29.5 Å². The molecule has 0 spiro atoms. The zero-order valence-electron chi connectivity index (χ0n) is 26.4. The molecule has 0 radical (unpaired) electrons. The van der Waals surface area contributed by atoms with Crippen LogP contribution in [0, 0.1) is 5.92 Å². The van der Waals surface area contributed by atoms with Gasteiger partial charge in [0.25, 0.3) is 5.91 Å². The Balaban J connectivity index is 1.38. The zero-order chi connectivity index (χ0) is 32.3. The minimum absolute atomic E-state index is 0.108. The number of benzene rings is 4. The van der Waals surface area contributed by atoms with Crippen LogP contribution in [0.3, 0.4) is 0 Å². The fraction of sp³-hybridized carbons (Fsp3) is 0.282. The molecule has 7 nitrogen and oxygen atoms in total. The van der Waals surface area contributed by atoms with Crippen molar-refractivity contribution in [1.29, 1.82) is 0 Å². The highest BCUT2D eigenvalue weighted by Gasteiger charge is 2.29. The van der Waals surface area contributed by atoms with E-state index in [4.69, 9.17) is 9.47 Å². The molecule has 0 fully saturated rings. The summed E-state index contributed by atoms with van der Waals surface area (Å²) in [6.45, 7) is 4.90. The number of unbranched alkanes of at least 4 members (excludes halogenated alkanes) is 1. The third kappa shape index (κ3) is 8.64. The lowest BCUT2D eigenvalue weighted by Gasteiger charge is -2.27. The Morgan fingerprint density at radius 1 is 0.870 bits per heavy atom. The average molecular weight is 619 g/mol. The molecule has 3 atom stereocenters. The molecule has 2 amide bonds. The highest BCUT2D eigenvalue weighted by atomic mass is 16.5. The maximum Gasteiger partial charge on any atom is 0.252 e. The molecule has 238 valence electrons. The lowest BCUT2D eigenvalue weighted by molar-refractivity contribution is -0.125. The van der Waals surface area contributed by atoms with E-state index in [1.54, 1.807) is 6.92 Å². The molecule has 0 bridgehead atoms. The van der Waals surface area contributed by atoms with E-state index in [9.17, 15) is 14.7 Å². The molecule has 5 rings (SSSR count). The first kappa shape index (κ1) is 32.5. The summed E-state index contributed by atoms with van der Waals surface area (Å²) in [7, 11) is 0. The number of aliphatic hydroxyl groups excluding tert-OH is 1. The largest absolute Gasteiger partial charge is 0.489 e. The highest BCUT2D eigenvalue weighted by molar-refractivity contribution is 6.25. The molecule has 1 aliphatic heterocycles. The quantitative estimate of drug-likeness (QED) is 0.133. The summed E-state index contributed by atoms with van der Waals surface area (Å²) in [5.74, 6) is 1.04. The van der Waals surface area contributed by atoms with Gasteiger partial charge in [0, 0.05) is 23.6 Å². The molecule has 0 aromatic heterocycles. The number of aliphatic hydroxyl groups is 1. The minimum Gasteiger partial charge on any atom is -0.489 e.